The van der Waals surface area contributed by atoms with Crippen LogP contribution in [0.4, 0.5) is 53.5 Å². The van der Waals surface area contributed by atoms with E-state index < -0.39 is 177 Å². The predicted molar refractivity (Wildman–Crippen MR) is 526 cm³/mol. The van der Waals surface area contributed by atoms with Gasteiger partial charge in [-0.2, -0.15) is 35.1 Å². The Morgan fingerprint density at radius 1 is 0.326 bits per heavy atom. The molecule has 774 valence electrons. The van der Waals surface area contributed by atoms with Crippen molar-refractivity contribution in [2.75, 3.05) is 0 Å². The molecule has 1 heterocycles. The molecule has 0 bridgehead atoms. The largest absolute Gasteiger partial charge is 0.416 e. The van der Waals surface area contributed by atoms with E-state index in [4.69, 9.17) is 142 Å². The summed E-state index contributed by atoms with van der Waals surface area (Å²) >= 11 is 20.8. The first-order valence-electron chi connectivity index (χ1n) is 36.4. The molecule has 0 unspecified atom stereocenters. The van der Waals surface area contributed by atoms with Crippen LogP contribution in [0, 0.1) is 46.3 Å². The Kier molecular flexibility index (Phi) is 48.8. The summed E-state index contributed by atoms with van der Waals surface area (Å²) in [5, 5.41) is 42.0. The SMILES string of the molecule is CC(C)(C)c1ccc(S(=O)(=O)Cl)cc1.CC(C)c1cc(C(C)C)c(S(=O)(=O)Cl)c(C(C)C)c1.O=S(=O)(Cl)c1ccc(Br)cc1.O=S(=O)(Cl)c1ccc(Cl)c(Cl)c1.O=S(=O)(Cl)c1ccc(F)cc1.O=S(=O)(Cl)c1ccc2nsnc2c1.O=S(=O)(Cl)c1cccc(C(F)(F)F)c1.O=[N+]([O-])c1cc(C(F)(F)F)ccc1S(=O)(=O)Cl.O=[N+]([O-])c1cc(S(=O)(=O)Cl)ccc1Cl.O=[N+]([O-])c1ccc(S(=O)(=O)Cl)c([N+](=O)[O-])c1. The van der Waals surface area contributed by atoms with Crippen LogP contribution in [0.1, 0.15) is 113 Å². The fourth-order valence-electron chi connectivity index (χ4n) is 9.64. The summed E-state index contributed by atoms with van der Waals surface area (Å²) in [4.78, 5) is 35.5. The number of hydrogen-bond donors (Lipinski definition) is 0. The van der Waals surface area contributed by atoms with Gasteiger partial charge in [0.2, 0.25) is 0 Å². The minimum atomic E-state index is -4.81. The average Bonchev–Trinajstić information content (AvgIpc) is 1.21. The number of nitrogens with zero attached hydrogens (tertiary/aromatic N) is 6. The number of aromatic nitrogens is 2. The third-order valence-electron chi connectivity index (χ3n) is 16.4. The van der Waals surface area contributed by atoms with Gasteiger partial charge >= 0.3 is 12.4 Å². The summed E-state index contributed by atoms with van der Waals surface area (Å²) in [5.74, 6) is 0.121. The minimum Gasteiger partial charge on any atom is -0.258 e. The van der Waals surface area contributed by atoms with Crippen molar-refractivity contribution >= 4 is 294 Å². The Balaban J connectivity index is 0.000000532. The Morgan fingerprint density at radius 3 is 1.01 bits per heavy atom. The fourth-order valence-corrected chi connectivity index (χ4v) is 20.1. The number of hydrogen-bond acceptors (Lipinski definition) is 31. The van der Waals surface area contributed by atoms with E-state index in [1.165, 1.54) is 54.6 Å². The van der Waals surface area contributed by atoms with Crippen LogP contribution >= 0.6 is 169 Å². The Labute approximate surface area is 873 Å². The van der Waals surface area contributed by atoms with E-state index in [-0.39, 0.29) is 62.7 Å². The second kappa shape index (κ2) is 53.0. The van der Waals surface area contributed by atoms with Crippen LogP contribution in [0.5, 0.6) is 0 Å². The van der Waals surface area contributed by atoms with Crippen LogP contribution in [0.3, 0.4) is 0 Å². The molecular formula is C75H63BrCl13F7N6O28S11. The molecule has 0 spiro atoms. The standard InChI is InChI=1S/C15H23ClO2S.C10H13ClO2S.C7H3ClF3NO4S.C7H4ClF3O2S.C6H4BrClO2S.C6H3Cl3O2S.C6H3Cl2NO4S.C6H4ClFO2S.C6H3ClN2O6S.C6H3ClN2O2S2/c1-9(2)12-7-13(10(3)4)15(19(16,17)18)14(8-12)11(5)6;1-10(2,3)8-4-6-9(7-5-8)14(11,12)13;8-17(15,16)6-2-1-4(7(9,10)11)3-5(6)12(13)14;8-14(12,13)6-3-1-2-5(4-6)7(9,10)11;7-5-1-3-6(4-2-5)11(8,9)10;7-5-2-1-4(3-6(5)8)12(9,10)11;7-5-2-1-4(14(8,12)13)3-6(5)9(10)11;7-11(9,10)6-3-1-5(8)2-4-6;7-16(14,15)6-2-1-4(8(10)11)3-5(6)9(12)13;7-13(10,11)4-1-2-5-6(3-4)9-12-8-5/h7-11H,1-6H3;4-7H,1-3H3;1-3H;1-4H;1-4H;1-3H;1-3H;1-4H;1-3H;1-3H. The normalized spacial score (nSPS) is 12.0. The average molecular weight is 2520 g/mol. The van der Waals surface area contributed by atoms with Gasteiger partial charge in [0.25, 0.3) is 113 Å². The first-order valence-corrected chi connectivity index (χ1v) is 62.1. The van der Waals surface area contributed by atoms with Crippen molar-refractivity contribution in [1.29, 1.82) is 0 Å². The van der Waals surface area contributed by atoms with Crippen molar-refractivity contribution in [3.63, 3.8) is 0 Å². The molecule has 11 aromatic rings. The second-order valence-electron chi connectivity index (χ2n) is 28.5. The molecule has 0 atom stereocenters. The van der Waals surface area contributed by atoms with Gasteiger partial charge in [0.1, 0.15) is 21.9 Å². The van der Waals surface area contributed by atoms with E-state index in [0.29, 0.717) is 51.1 Å². The lowest BCUT2D eigenvalue weighted by Crippen LogP contribution is -2.10. The zero-order chi connectivity index (χ0) is 110. The summed E-state index contributed by atoms with van der Waals surface area (Å²) in [6.07, 6.45) is -9.38. The number of halogens is 21. The van der Waals surface area contributed by atoms with Crippen molar-refractivity contribution in [3.05, 3.63) is 299 Å². The van der Waals surface area contributed by atoms with Gasteiger partial charge in [-0.3, -0.25) is 40.5 Å². The topological polar surface area (TPSA) is 540 Å². The Morgan fingerprint density at radius 2 is 0.660 bits per heavy atom. The number of fused-ring (bicyclic) bond motifs is 1. The molecule has 0 aliphatic heterocycles. The smallest absolute Gasteiger partial charge is 0.258 e. The summed E-state index contributed by atoms with van der Waals surface area (Å²) in [7, 11) is 11.9. The van der Waals surface area contributed by atoms with E-state index in [1.54, 1.807) is 30.3 Å². The van der Waals surface area contributed by atoms with Crippen LogP contribution in [0.15, 0.2) is 254 Å². The lowest BCUT2D eigenvalue weighted by atomic mass is 9.87. The van der Waals surface area contributed by atoms with Gasteiger partial charge in [-0.15, -0.1) is 0 Å². The van der Waals surface area contributed by atoms with Crippen LogP contribution < -0.4 is 0 Å². The summed E-state index contributed by atoms with van der Waals surface area (Å²) in [6.45, 7) is 18.4. The van der Waals surface area contributed by atoms with Crippen LogP contribution in [0.2, 0.25) is 15.1 Å². The molecule has 11 rings (SSSR count). The van der Waals surface area contributed by atoms with Crippen LogP contribution in [0.25, 0.3) is 11.0 Å². The molecule has 0 N–H and O–H groups in total. The molecular weight excluding hydrogens is 2460 g/mol. The lowest BCUT2D eigenvalue weighted by Gasteiger charge is -2.20. The van der Waals surface area contributed by atoms with E-state index in [1.807, 2.05) is 39.8 Å². The van der Waals surface area contributed by atoms with Gasteiger partial charge < -0.3 is 0 Å². The first kappa shape index (κ1) is 130. The zero-order valence-electron chi connectivity index (χ0n) is 71.3. The molecule has 0 amide bonds. The molecule has 141 heavy (non-hydrogen) atoms. The van der Waals surface area contributed by atoms with E-state index in [2.05, 4.69) is 59.3 Å². The fraction of sp³-hybridized carbons (Fsp3) is 0.200. The molecule has 0 radical (unpaired) electrons. The summed E-state index contributed by atoms with van der Waals surface area (Å²) < 4.78 is 312. The first-order chi connectivity index (χ1) is 63.5. The number of benzene rings is 10. The monoisotopic (exact) mass is 2510 g/mol. The number of rotatable bonds is 17. The number of non-ortho nitro benzene ring substituents is 1. The van der Waals surface area contributed by atoms with E-state index in [0.717, 1.165) is 111 Å². The molecule has 0 saturated heterocycles. The molecule has 1 aromatic heterocycles. The highest BCUT2D eigenvalue weighted by atomic mass is 79.9. The molecule has 0 fully saturated rings. The predicted octanol–water partition coefficient (Wildman–Crippen LogP) is 25.3. The maximum Gasteiger partial charge on any atom is 0.416 e. The zero-order valence-corrected chi connectivity index (χ0v) is 91.7. The van der Waals surface area contributed by atoms with Crippen LogP contribution in [-0.2, 0) is 108 Å². The molecule has 10 aromatic carbocycles. The van der Waals surface area contributed by atoms with Gasteiger partial charge in [-0.25, -0.2) is 88.6 Å². The van der Waals surface area contributed by atoms with Crippen LogP contribution in [-0.4, -0.2) is 113 Å². The van der Waals surface area contributed by atoms with Gasteiger partial charge in [-0.1, -0.05) is 143 Å². The quantitative estimate of drug-likeness (QED) is 0.0353. The number of nitro groups is 4. The lowest BCUT2D eigenvalue weighted by molar-refractivity contribution is -0.396. The van der Waals surface area contributed by atoms with Crippen molar-refractivity contribution in [2.45, 2.75) is 147 Å². The van der Waals surface area contributed by atoms with Crippen molar-refractivity contribution in [1.82, 2.24) is 8.75 Å². The van der Waals surface area contributed by atoms with Gasteiger partial charge in [0, 0.05) is 129 Å². The van der Waals surface area contributed by atoms with Gasteiger partial charge in [-0.05, 0) is 191 Å². The Hall–Kier alpha value is -7.12. The maximum absolute atomic E-state index is 12.3. The molecule has 0 aliphatic carbocycles. The third-order valence-corrected chi connectivity index (χ3v) is 32.2. The van der Waals surface area contributed by atoms with Gasteiger partial charge in [0.05, 0.1) is 97.8 Å². The highest BCUT2D eigenvalue weighted by molar-refractivity contribution is 9.10. The van der Waals surface area contributed by atoms with E-state index in [9.17, 15) is 155 Å². The minimum absolute atomic E-state index is 0.0224. The maximum atomic E-state index is 12.3. The molecule has 0 aliphatic rings. The van der Waals surface area contributed by atoms with Crippen molar-refractivity contribution in [2.24, 2.45) is 0 Å². The Bertz CT molecular complexity index is 7580. The van der Waals surface area contributed by atoms with Crippen molar-refractivity contribution in [3.8, 4) is 0 Å². The summed E-state index contributed by atoms with van der Waals surface area (Å²) in [6, 6.07) is 38.6. The highest BCUT2D eigenvalue weighted by Crippen LogP contribution is 2.40. The summed E-state index contributed by atoms with van der Waals surface area (Å²) in [5.41, 5.74) is -0.446. The van der Waals surface area contributed by atoms with E-state index >= 15 is 0 Å². The molecule has 66 heteroatoms. The second-order valence-corrected chi connectivity index (χ2v) is 56.7. The molecule has 0 saturated carbocycles. The van der Waals surface area contributed by atoms with Crippen molar-refractivity contribution < 1.29 is 135 Å². The molecule has 34 nitrogen and oxygen atoms in total. The highest BCUT2D eigenvalue weighted by Gasteiger charge is 2.36. The third kappa shape index (κ3) is 44.6. The number of nitro benzene ring substituents is 4. The van der Waals surface area contributed by atoms with Gasteiger partial charge in [0.15, 0.2) is 9.79 Å². The number of alkyl halides is 6.